The van der Waals surface area contributed by atoms with Crippen LogP contribution in [0.5, 0.6) is 5.88 Å². The third kappa shape index (κ3) is 7.00. The van der Waals surface area contributed by atoms with E-state index in [-0.39, 0.29) is 24.8 Å². The lowest BCUT2D eigenvalue weighted by Gasteiger charge is -2.20. The number of aromatic hydroxyl groups is 1. The second-order valence-corrected chi connectivity index (χ2v) is 10.1. The quantitative estimate of drug-likeness (QED) is 0.191. The first kappa shape index (κ1) is 28.0. The Labute approximate surface area is 226 Å². The maximum Gasteiger partial charge on any atom is 0.326 e. The maximum absolute atomic E-state index is 12.4. The molecule has 1 atom stereocenters. The summed E-state index contributed by atoms with van der Waals surface area (Å²) in [7, 11) is 1.86. The van der Waals surface area contributed by atoms with Crippen LogP contribution in [-0.2, 0) is 20.9 Å². The van der Waals surface area contributed by atoms with Gasteiger partial charge in [0.05, 0.1) is 17.5 Å². The Morgan fingerprint density at radius 1 is 1.33 bits per heavy atom. The molecule has 0 spiro atoms. The number of carbonyl (C=O) groups is 2. The monoisotopic (exact) mass is 549 g/mol. The van der Waals surface area contributed by atoms with E-state index in [0.29, 0.717) is 22.7 Å². The van der Waals surface area contributed by atoms with E-state index in [0.717, 1.165) is 29.6 Å². The highest BCUT2D eigenvalue weighted by molar-refractivity contribution is 8.03. The minimum atomic E-state index is -0.910. The molecule has 194 valence electrons. The van der Waals surface area contributed by atoms with Crippen LogP contribution in [-0.4, -0.2) is 76.4 Å². The number of esters is 1. The van der Waals surface area contributed by atoms with E-state index in [1.54, 1.807) is 36.0 Å². The van der Waals surface area contributed by atoms with Gasteiger partial charge in [-0.05, 0) is 36.8 Å². The average Bonchev–Trinajstić information content (AvgIpc) is 3.42. The zero-order valence-corrected chi connectivity index (χ0v) is 22.9. The number of anilines is 1. The van der Waals surface area contributed by atoms with Crippen LogP contribution in [0.1, 0.15) is 24.0 Å². The van der Waals surface area contributed by atoms with Crippen molar-refractivity contribution in [3.05, 3.63) is 52.2 Å². The van der Waals surface area contributed by atoms with E-state index in [1.807, 2.05) is 24.1 Å². The van der Waals surface area contributed by atoms with Crippen molar-refractivity contribution in [3.8, 4) is 5.88 Å². The van der Waals surface area contributed by atoms with E-state index < -0.39 is 17.9 Å². The molecule has 0 radical (unpaired) electrons. The van der Waals surface area contributed by atoms with Crippen molar-refractivity contribution >= 4 is 60.7 Å². The van der Waals surface area contributed by atoms with Gasteiger partial charge in [-0.25, -0.2) is 0 Å². The molecule has 0 aliphatic carbocycles. The lowest BCUT2D eigenvalue weighted by Crippen LogP contribution is -2.25. The highest BCUT2D eigenvalue weighted by atomic mass is 32.2. The minimum absolute atomic E-state index is 0.0609. The first-order valence-electron chi connectivity index (χ1n) is 11.5. The van der Waals surface area contributed by atoms with Crippen molar-refractivity contribution < 1.29 is 24.5 Å². The molecule has 1 aromatic heterocycles. The van der Waals surface area contributed by atoms with Crippen molar-refractivity contribution in [2.75, 3.05) is 49.7 Å². The van der Waals surface area contributed by atoms with Crippen LogP contribution in [0.15, 0.2) is 46.1 Å². The summed E-state index contributed by atoms with van der Waals surface area (Å²) in [6.45, 7) is 4.41. The number of thioether (sulfide) groups is 1. The van der Waals surface area contributed by atoms with Crippen LogP contribution < -0.4 is 4.90 Å². The van der Waals surface area contributed by atoms with Crippen molar-refractivity contribution in [2.45, 2.75) is 24.4 Å². The fraction of sp³-hybridized carbons (Fsp3) is 0.400. The van der Waals surface area contributed by atoms with Gasteiger partial charge in [0.15, 0.2) is 0 Å². The molecule has 1 aromatic carbocycles. The number of aliphatic carboxylic acids is 1. The summed E-state index contributed by atoms with van der Waals surface area (Å²) < 4.78 is 6.76. The number of likely N-dealkylation sites (N-methyl/N-ethyl adjacent to an activating group) is 1. The third-order valence-corrected chi connectivity index (χ3v) is 7.66. The van der Waals surface area contributed by atoms with E-state index in [4.69, 9.17) is 4.74 Å². The van der Waals surface area contributed by atoms with Gasteiger partial charge in [-0.15, -0.1) is 12.6 Å². The Morgan fingerprint density at radius 3 is 2.69 bits per heavy atom. The molecule has 0 saturated carbocycles. The number of rotatable bonds is 11. The van der Waals surface area contributed by atoms with Crippen molar-refractivity contribution in [1.82, 2.24) is 9.47 Å². The normalized spacial score (nSPS) is 13.9. The molecule has 8 nitrogen and oxygen atoms in total. The number of hydrogen-bond acceptors (Lipinski definition) is 9. The smallest absolute Gasteiger partial charge is 0.326 e. The van der Waals surface area contributed by atoms with Crippen molar-refractivity contribution in [1.29, 1.82) is 0 Å². The number of carboxylic acid groups (broad SMARTS) is 1. The van der Waals surface area contributed by atoms with Crippen LogP contribution in [0, 0.1) is 0 Å². The summed E-state index contributed by atoms with van der Waals surface area (Å²) in [6.07, 6.45) is 1.71. The largest absolute Gasteiger partial charge is 0.494 e. The Hall–Kier alpha value is -2.59. The Kier molecular flexibility index (Phi) is 10.2. The number of benzene rings is 1. The van der Waals surface area contributed by atoms with Gasteiger partial charge in [0.2, 0.25) is 5.88 Å². The van der Waals surface area contributed by atoms with Crippen LogP contribution in [0.3, 0.4) is 0 Å². The predicted octanol–water partition coefficient (Wildman–Crippen LogP) is 3.78. The van der Waals surface area contributed by atoms with Gasteiger partial charge in [0, 0.05) is 42.9 Å². The molecule has 0 amide bonds. The van der Waals surface area contributed by atoms with Gasteiger partial charge in [-0.3, -0.25) is 14.2 Å². The van der Waals surface area contributed by atoms with Crippen LogP contribution in [0.2, 0.25) is 0 Å². The van der Waals surface area contributed by atoms with E-state index in [1.165, 1.54) is 4.57 Å². The van der Waals surface area contributed by atoms with Gasteiger partial charge in [0.25, 0.3) is 0 Å². The molecular weight excluding hydrogens is 518 g/mol. The number of hydrogen-bond donors (Lipinski definition) is 4. The van der Waals surface area contributed by atoms with E-state index >= 15 is 0 Å². The summed E-state index contributed by atoms with van der Waals surface area (Å²) in [5.41, 5.74) is 5.32. The average molecular weight is 550 g/mol. The summed E-state index contributed by atoms with van der Waals surface area (Å²) in [5, 5.41) is 21.3. The van der Waals surface area contributed by atoms with Crippen LogP contribution in [0.4, 0.5) is 5.69 Å². The van der Waals surface area contributed by atoms with E-state index in [9.17, 15) is 19.8 Å². The molecule has 1 aliphatic rings. The fourth-order valence-corrected chi connectivity index (χ4v) is 5.44. The second-order valence-electron chi connectivity index (χ2n) is 8.20. The highest BCUT2D eigenvalue weighted by Crippen LogP contribution is 2.29. The molecule has 36 heavy (non-hydrogen) atoms. The number of ether oxygens (including phenoxy) is 1. The SMILES string of the molecule is CCN1CCSC1=C=Cc1cc(S)n(CC(=O)OCCN(C)c2ccc(C(CS)C(=O)O)cc2)c1O. The molecular formula is C25H31N3O5S3. The number of nitrogens with zero attached hydrogens (tertiary/aromatic N) is 3. The second kappa shape index (κ2) is 13.1. The lowest BCUT2D eigenvalue weighted by molar-refractivity contribution is -0.144. The van der Waals surface area contributed by atoms with Crippen LogP contribution in [0.25, 0.3) is 6.08 Å². The number of carbonyl (C=O) groups excluding carboxylic acids is 1. The minimum Gasteiger partial charge on any atom is -0.494 e. The molecule has 2 heterocycles. The molecule has 11 heteroatoms. The fourth-order valence-electron chi connectivity index (χ4n) is 3.71. The summed E-state index contributed by atoms with van der Waals surface area (Å²) >= 11 is 10.2. The standard InChI is InChI=1S/C25H31N3O5S3/c1-3-27-11-13-36-22(27)9-6-18-14-21(35)28(24(18)30)15-23(29)33-12-10-26(2)19-7-4-17(5-8-19)20(16-34)25(31)32/h4-8,14,20,30,34-35H,3,10-13,15-16H2,1-2H3,(H,31,32). The van der Waals surface area contributed by atoms with E-state index in [2.05, 4.69) is 42.8 Å². The summed E-state index contributed by atoms with van der Waals surface area (Å²) in [5.74, 6) is -0.882. The Bertz CT molecular complexity index is 1140. The summed E-state index contributed by atoms with van der Waals surface area (Å²) in [6, 6.07) is 8.88. The van der Waals surface area contributed by atoms with Gasteiger partial charge in [0.1, 0.15) is 18.2 Å². The topological polar surface area (TPSA) is 95.2 Å². The zero-order chi connectivity index (χ0) is 26.2. The van der Waals surface area contributed by atoms with Gasteiger partial charge in [-0.2, -0.15) is 12.6 Å². The lowest BCUT2D eigenvalue weighted by atomic mass is 10.0. The van der Waals surface area contributed by atoms with Gasteiger partial charge in [-0.1, -0.05) is 29.6 Å². The van der Waals surface area contributed by atoms with Crippen molar-refractivity contribution in [2.24, 2.45) is 0 Å². The maximum atomic E-state index is 12.4. The third-order valence-electron chi connectivity index (χ3n) is 5.89. The molecule has 1 fully saturated rings. The molecule has 3 rings (SSSR count). The zero-order valence-electron chi connectivity index (χ0n) is 20.3. The van der Waals surface area contributed by atoms with Gasteiger partial charge < -0.3 is 24.7 Å². The van der Waals surface area contributed by atoms with Crippen LogP contribution >= 0.6 is 37.0 Å². The number of aromatic nitrogens is 1. The van der Waals surface area contributed by atoms with Crippen molar-refractivity contribution in [3.63, 3.8) is 0 Å². The molecule has 0 bridgehead atoms. The molecule has 2 aromatic rings. The predicted molar refractivity (Wildman–Crippen MR) is 149 cm³/mol. The Morgan fingerprint density at radius 2 is 2.06 bits per heavy atom. The number of thiol groups is 2. The molecule has 1 saturated heterocycles. The molecule has 2 N–H and O–H groups in total. The molecule has 1 aliphatic heterocycles. The van der Waals surface area contributed by atoms with Gasteiger partial charge >= 0.3 is 11.9 Å². The summed E-state index contributed by atoms with van der Waals surface area (Å²) in [4.78, 5) is 27.8. The molecule has 1 unspecified atom stereocenters. The first-order chi connectivity index (χ1) is 17.2. The Balaban J connectivity index is 1.54. The highest BCUT2D eigenvalue weighted by Gasteiger charge is 2.19. The first-order valence-corrected chi connectivity index (χ1v) is 13.6. The number of carboxylic acids is 1.